The standard InChI is InChI=1S/C18H22N4O3/c1-3-8-14-19-15(25-21-14)12-22-16(23)18(11-4-2,20-17(22)24)13-9-6-5-7-10-13/h5-7,9-10H,3-4,8,11-12H2,1-2H3,(H,20,24)/t18-/m1/s1. The summed E-state index contributed by atoms with van der Waals surface area (Å²) in [6.07, 6.45) is 2.89. The molecule has 0 radical (unpaired) electrons. The van der Waals surface area contributed by atoms with Crippen LogP contribution < -0.4 is 5.32 Å². The van der Waals surface area contributed by atoms with Crippen molar-refractivity contribution in [1.29, 1.82) is 0 Å². The largest absolute Gasteiger partial charge is 0.337 e. The molecule has 2 heterocycles. The number of benzene rings is 1. The van der Waals surface area contributed by atoms with Gasteiger partial charge < -0.3 is 9.84 Å². The van der Waals surface area contributed by atoms with Gasteiger partial charge >= 0.3 is 6.03 Å². The van der Waals surface area contributed by atoms with Gasteiger partial charge in [0, 0.05) is 6.42 Å². The van der Waals surface area contributed by atoms with E-state index in [2.05, 4.69) is 15.5 Å². The first-order valence-electron chi connectivity index (χ1n) is 8.61. The lowest BCUT2D eigenvalue weighted by Gasteiger charge is -2.26. The molecule has 25 heavy (non-hydrogen) atoms. The maximum Gasteiger partial charge on any atom is 0.325 e. The molecule has 1 fully saturated rings. The van der Waals surface area contributed by atoms with E-state index in [-0.39, 0.29) is 18.3 Å². The molecule has 0 unspecified atom stereocenters. The van der Waals surface area contributed by atoms with Crippen LogP contribution in [0.15, 0.2) is 34.9 Å². The van der Waals surface area contributed by atoms with Gasteiger partial charge in [-0.1, -0.05) is 55.8 Å². The lowest BCUT2D eigenvalue weighted by molar-refractivity contribution is -0.132. The van der Waals surface area contributed by atoms with Crippen LogP contribution in [0, 0.1) is 0 Å². The molecule has 132 valence electrons. The fourth-order valence-corrected chi connectivity index (χ4v) is 3.19. The van der Waals surface area contributed by atoms with E-state index in [1.54, 1.807) is 0 Å². The maximum absolute atomic E-state index is 13.1. The average Bonchev–Trinajstić information content (AvgIpc) is 3.15. The normalized spacial score (nSPS) is 20.2. The van der Waals surface area contributed by atoms with E-state index >= 15 is 0 Å². The van der Waals surface area contributed by atoms with E-state index in [1.165, 1.54) is 0 Å². The third kappa shape index (κ3) is 3.14. The molecule has 0 saturated carbocycles. The van der Waals surface area contributed by atoms with Crippen LogP contribution in [0.2, 0.25) is 0 Å². The van der Waals surface area contributed by atoms with E-state index in [4.69, 9.17) is 4.52 Å². The number of aryl methyl sites for hydroxylation is 1. The molecule has 1 N–H and O–H groups in total. The van der Waals surface area contributed by atoms with Crippen molar-refractivity contribution in [2.45, 2.75) is 51.6 Å². The van der Waals surface area contributed by atoms with Crippen molar-refractivity contribution in [1.82, 2.24) is 20.4 Å². The molecule has 3 amide bonds. The van der Waals surface area contributed by atoms with E-state index in [0.29, 0.717) is 18.7 Å². The second-order valence-electron chi connectivity index (χ2n) is 6.20. The molecule has 1 saturated heterocycles. The highest BCUT2D eigenvalue weighted by Crippen LogP contribution is 2.34. The SMILES string of the molecule is CCCc1noc(CN2C(=O)N[C@](CCC)(c3ccccc3)C2=O)n1. The third-order valence-electron chi connectivity index (χ3n) is 4.34. The van der Waals surface area contributed by atoms with Crippen molar-refractivity contribution in [3.63, 3.8) is 0 Å². The quantitative estimate of drug-likeness (QED) is 0.782. The summed E-state index contributed by atoms with van der Waals surface area (Å²) in [6, 6.07) is 8.91. The van der Waals surface area contributed by atoms with Gasteiger partial charge in [0.2, 0.25) is 5.89 Å². The number of hydrogen-bond acceptors (Lipinski definition) is 5. The summed E-state index contributed by atoms with van der Waals surface area (Å²) in [5.74, 6) is 0.584. The number of imide groups is 1. The topological polar surface area (TPSA) is 88.3 Å². The van der Waals surface area contributed by atoms with Gasteiger partial charge in [-0.15, -0.1) is 0 Å². The smallest absolute Gasteiger partial charge is 0.325 e. The Kier molecular flexibility index (Phi) is 4.83. The zero-order valence-corrected chi connectivity index (χ0v) is 14.5. The monoisotopic (exact) mass is 342 g/mol. The van der Waals surface area contributed by atoms with Crippen LogP contribution in [0.25, 0.3) is 0 Å². The number of carbonyl (C=O) groups excluding carboxylic acids is 2. The van der Waals surface area contributed by atoms with Crippen LogP contribution in [0.3, 0.4) is 0 Å². The third-order valence-corrected chi connectivity index (χ3v) is 4.34. The molecule has 7 nitrogen and oxygen atoms in total. The summed E-state index contributed by atoms with van der Waals surface area (Å²) in [5, 5.41) is 6.76. The second-order valence-corrected chi connectivity index (χ2v) is 6.20. The van der Waals surface area contributed by atoms with Crippen molar-refractivity contribution in [2.24, 2.45) is 0 Å². The van der Waals surface area contributed by atoms with Crippen molar-refractivity contribution in [3.8, 4) is 0 Å². The highest BCUT2D eigenvalue weighted by atomic mass is 16.5. The molecule has 0 bridgehead atoms. The van der Waals surface area contributed by atoms with Gasteiger partial charge in [-0.3, -0.25) is 9.69 Å². The fourth-order valence-electron chi connectivity index (χ4n) is 3.19. The molecule has 3 rings (SSSR count). The zero-order valence-electron chi connectivity index (χ0n) is 14.5. The van der Waals surface area contributed by atoms with Gasteiger partial charge in [0.15, 0.2) is 5.82 Å². The molecule has 1 aliphatic rings. The Labute approximate surface area is 146 Å². The molecule has 2 aromatic rings. The Bertz CT molecular complexity index is 759. The first-order chi connectivity index (χ1) is 12.1. The van der Waals surface area contributed by atoms with Gasteiger partial charge in [-0.05, 0) is 18.4 Å². The van der Waals surface area contributed by atoms with Crippen molar-refractivity contribution < 1.29 is 14.1 Å². The molecule has 7 heteroatoms. The molecule has 0 spiro atoms. The fraction of sp³-hybridized carbons (Fsp3) is 0.444. The molecule has 0 aliphatic carbocycles. The molecular formula is C18H22N4O3. The predicted octanol–water partition coefficient (Wildman–Crippen LogP) is 2.77. The Morgan fingerprint density at radius 1 is 1.16 bits per heavy atom. The Hall–Kier alpha value is -2.70. The van der Waals surface area contributed by atoms with Crippen LogP contribution in [-0.2, 0) is 23.3 Å². The Balaban J connectivity index is 1.87. The minimum Gasteiger partial charge on any atom is -0.337 e. The highest BCUT2D eigenvalue weighted by molar-refractivity contribution is 6.07. The predicted molar refractivity (Wildman–Crippen MR) is 90.4 cm³/mol. The van der Waals surface area contributed by atoms with Crippen LogP contribution >= 0.6 is 0 Å². The Morgan fingerprint density at radius 2 is 1.92 bits per heavy atom. The van der Waals surface area contributed by atoms with E-state index in [1.807, 2.05) is 44.2 Å². The van der Waals surface area contributed by atoms with Crippen LogP contribution in [0.5, 0.6) is 0 Å². The number of nitrogens with zero attached hydrogens (tertiary/aromatic N) is 3. The molecule has 1 atom stereocenters. The molecular weight excluding hydrogens is 320 g/mol. The first-order valence-corrected chi connectivity index (χ1v) is 8.61. The van der Waals surface area contributed by atoms with Gasteiger partial charge in [0.05, 0.1) is 0 Å². The summed E-state index contributed by atoms with van der Waals surface area (Å²) >= 11 is 0. The van der Waals surface area contributed by atoms with Crippen LogP contribution in [0.1, 0.15) is 50.4 Å². The summed E-state index contributed by atoms with van der Waals surface area (Å²) in [7, 11) is 0. The number of amides is 3. The van der Waals surface area contributed by atoms with Crippen molar-refractivity contribution >= 4 is 11.9 Å². The number of carbonyl (C=O) groups is 2. The molecule has 1 aromatic heterocycles. The van der Waals surface area contributed by atoms with Gasteiger partial charge in [-0.25, -0.2) is 4.79 Å². The van der Waals surface area contributed by atoms with E-state index in [9.17, 15) is 9.59 Å². The average molecular weight is 342 g/mol. The number of urea groups is 1. The Morgan fingerprint density at radius 3 is 2.60 bits per heavy atom. The molecule has 1 aromatic carbocycles. The van der Waals surface area contributed by atoms with Gasteiger partial charge in [-0.2, -0.15) is 4.98 Å². The zero-order chi connectivity index (χ0) is 17.9. The van der Waals surface area contributed by atoms with Crippen molar-refractivity contribution in [2.75, 3.05) is 0 Å². The number of nitrogens with one attached hydrogen (secondary N) is 1. The van der Waals surface area contributed by atoms with E-state index < -0.39 is 11.6 Å². The first kappa shape index (κ1) is 17.1. The second kappa shape index (κ2) is 7.04. The highest BCUT2D eigenvalue weighted by Gasteiger charge is 2.52. The number of rotatable bonds is 7. The minimum atomic E-state index is -1.03. The van der Waals surface area contributed by atoms with Gasteiger partial charge in [0.25, 0.3) is 5.91 Å². The molecule has 1 aliphatic heterocycles. The summed E-state index contributed by atoms with van der Waals surface area (Å²) in [5.41, 5.74) is -0.241. The number of aromatic nitrogens is 2. The summed E-state index contributed by atoms with van der Waals surface area (Å²) < 4.78 is 5.17. The number of hydrogen-bond donors (Lipinski definition) is 1. The maximum atomic E-state index is 13.1. The minimum absolute atomic E-state index is 0.0142. The summed E-state index contributed by atoms with van der Waals surface area (Å²) in [6.45, 7) is 3.99. The van der Waals surface area contributed by atoms with E-state index in [0.717, 1.165) is 23.3 Å². The lowest BCUT2D eigenvalue weighted by atomic mass is 9.85. The van der Waals surface area contributed by atoms with Crippen LogP contribution in [-0.4, -0.2) is 27.0 Å². The van der Waals surface area contributed by atoms with Gasteiger partial charge in [0.1, 0.15) is 12.1 Å². The van der Waals surface area contributed by atoms with Crippen molar-refractivity contribution in [3.05, 3.63) is 47.6 Å². The summed E-state index contributed by atoms with van der Waals surface area (Å²) in [4.78, 5) is 31.0. The lowest BCUT2D eigenvalue weighted by Crippen LogP contribution is -2.43. The van der Waals surface area contributed by atoms with Crippen LogP contribution in [0.4, 0.5) is 4.79 Å².